The average molecular weight is 483 g/mol. The van der Waals surface area contributed by atoms with Crippen LogP contribution in [0.15, 0.2) is 54.6 Å². The van der Waals surface area contributed by atoms with E-state index in [9.17, 15) is 4.39 Å². The second-order valence-corrected chi connectivity index (χ2v) is 8.09. The Labute approximate surface area is 197 Å². The van der Waals surface area contributed by atoms with Gasteiger partial charge in [-0.15, -0.1) is 0 Å². The summed E-state index contributed by atoms with van der Waals surface area (Å²) in [6.45, 7) is 3.89. The largest absolute Gasteiger partial charge is 0.490 e. The number of ether oxygens (including phenoxy) is 2. The first kappa shape index (κ1) is 23.7. The summed E-state index contributed by atoms with van der Waals surface area (Å²) in [6, 6.07) is 15.4. The standard InChI is InChI=1S/C24H23Cl3FNO2/c1-2-30-23-12-17(14-29-11-10-16-6-8-18(28)9-7-16)22(27)13-24(23)31-15-19-20(25)4-3-5-21(19)26/h3-9,12-13,29H,2,10-11,14-15H2,1H3. The number of benzene rings is 3. The maximum atomic E-state index is 13.0. The van der Waals surface area contributed by atoms with Crippen LogP contribution in [0.1, 0.15) is 23.6 Å². The monoisotopic (exact) mass is 481 g/mol. The van der Waals surface area contributed by atoms with Gasteiger partial charge in [-0.2, -0.15) is 0 Å². The third-order valence-corrected chi connectivity index (χ3v) is 5.73. The van der Waals surface area contributed by atoms with Gasteiger partial charge in [0.1, 0.15) is 12.4 Å². The van der Waals surface area contributed by atoms with Crippen molar-refractivity contribution in [1.29, 1.82) is 0 Å². The van der Waals surface area contributed by atoms with Crippen LogP contribution >= 0.6 is 34.8 Å². The predicted octanol–water partition coefficient (Wildman–Crippen LogP) is 7.10. The van der Waals surface area contributed by atoms with E-state index in [4.69, 9.17) is 44.3 Å². The Kier molecular flexibility index (Phi) is 8.85. The molecule has 0 radical (unpaired) electrons. The van der Waals surface area contributed by atoms with Gasteiger partial charge in [-0.05, 0) is 61.3 Å². The molecule has 0 fully saturated rings. The van der Waals surface area contributed by atoms with Gasteiger partial charge in [0.15, 0.2) is 11.5 Å². The molecule has 0 heterocycles. The molecule has 0 bridgehead atoms. The molecular formula is C24H23Cl3FNO2. The van der Waals surface area contributed by atoms with Crippen LogP contribution in [-0.2, 0) is 19.6 Å². The molecule has 3 rings (SSSR count). The van der Waals surface area contributed by atoms with E-state index in [1.807, 2.05) is 13.0 Å². The highest BCUT2D eigenvalue weighted by molar-refractivity contribution is 6.36. The van der Waals surface area contributed by atoms with Crippen molar-refractivity contribution in [3.63, 3.8) is 0 Å². The minimum Gasteiger partial charge on any atom is -0.490 e. The zero-order chi connectivity index (χ0) is 22.2. The Hall–Kier alpha value is -1.98. The van der Waals surface area contributed by atoms with E-state index in [-0.39, 0.29) is 12.4 Å². The van der Waals surface area contributed by atoms with Crippen molar-refractivity contribution >= 4 is 34.8 Å². The van der Waals surface area contributed by atoms with E-state index < -0.39 is 0 Å². The van der Waals surface area contributed by atoms with Gasteiger partial charge in [0.25, 0.3) is 0 Å². The molecule has 1 N–H and O–H groups in total. The van der Waals surface area contributed by atoms with Crippen molar-refractivity contribution in [2.45, 2.75) is 26.5 Å². The SMILES string of the molecule is CCOc1cc(CNCCc2ccc(F)cc2)c(Cl)cc1OCc1c(Cl)cccc1Cl. The molecule has 0 saturated heterocycles. The van der Waals surface area contributed by atoms with Crippen LogP contribution < -0.4 is 14.8 Å². The molecule has 7 heteroatoms. The summed E-state index contributed by atoms with van der Waals surface area (Å²) in [5.74, 6) is 0.898. The molecule has 31 heavy (non-hydrogen) atoms. The highest BCUT2D eigenvalue weighted by Gasteiger charge is 2.13. The number of rotatable bonds is 10. The molecule has 0 aliphatic rings. The molecule has 0 saturated carbocycles. The molecule has 0 unspecified atom stereocenters. The lowest BCUT2D eigenvalue weighted by Gasteiger charge is -2.16. The predicted molar refractivity (Wildman–Crippen MR) is 125 cm³/mol. The molecule has 0 aliphatic carbocycles. The number of nitrogens with one attached hydrogen (secondary N) is 1. The van der Waals surface area contributed by atoms with Crippen molar-refractivity contribution in [2.75, 3.05) is 13.2 Å². The Balaban J connectivity index is 1.64. The van der Waals surface area contributed by atoms with Crippen molar-refractivity contribution in [2.24, 2.45) is 0 Å². The summed E-state index contributed by atoms with van der Waals surface area (Å²) in [5.41, 5.74) is 2.67. The van der Waals surface area contributed by atoms with E-state index in [2.05, 4.69) is 5.32 Å². The normalized spacial score (nSPS) is 10.9. The molecule has 3 nitrogen and oxygen atoms in total. The molecule has 0 atom stereocenters. The zero-order valence-electron chi connectivity index (χ0n) is 17.1. The van der Waals surface area contributed by atoms with Crippen LogP contribution in [0, 0.1) is 5.82 Å². The molecule has 0 amide bonds. The third-order valence-electron chi connectivity index (χ3n) is 4.67. The number of hydrogen-bond donors (Lipinski definition) is 1. The van der Waals surface area contributed by atoms with Crippen LogP contribution in [0.2, 0.25) is 15.1 Å². The van der Waals surface area contributed by atoms with Crippen LogP contribution in [0.4, 0.5) is 4.39 Å². The average Bonchev–Trinajstić information content (AvgIpc) is 2.74. The number of halogens is 4. The minimum atomic E-state index is -0.230. The second kappa shape index (κ2) is 11.6. The maximum absolute atomic E-state index is 13.0. The van der Waals surface area contributed by atoms with Gasteiger partial charge in [0.2, 0.25) is 0 Å². The third kappa shape index (κ3) is 6.75. The summed E-state index contributed by atoms with van der Waals surface area (Å²) in [5, 5.41) is 5.01. The van der Waals surface area contributed by atoms with E-state index in [0.717, 1.165) is 24.1 Å². The first-order chi connectivity index (χ1) is 15.0. The van der Waals surface area contributed by atoms with Crippen molar-refractivity contribution in [1.82, 2.24) is 5.32 Å². The van der Waals surface area contributed by atoms with Gasteiger partial charge in [-0.25, -0.2) is 4.39 Å². The van der Waals surface area contributed by atoms with E-state index in [0.29, 0.717) is 45.3 Å². The van der Waals surface area contributed by atoms with Gasteiger partial charge < -0.3 is 14.8 Å². The van der Waals surface area contributed by atoms with Crippen molar-refractivity contribution in [3.8, 4) is 11.5 Å². The molecule has 0 aliphatic heterocycles. The minimum absolute atomic E-state index is 0.199. The van der Waals surface area contributed by atoms with Gasteiger partial charge in [-0.3, -0.25) is 0 Å². The molecular weight excluding hydrogens is 460 g/mol. The summed E-state index contributed by atoms with van der Waals surface area (Å²) in [4.78, 5) is 0. The maximum Gasteiger partial charge on any atom is 0.163 e. The molecule has 3 aromatic rings. The van der Waals surface area contributed by atoms with Gasteiger partial charge >= 0.3 is 0 Å². The Morgan fingerprint density at radius 3 is 2.23 bits per heavy atom. The summed E-state index contributed by atoms with van der Waals surface area (Å²) >= 11 is 18.9. The van der Waals surface area contributed by atoms with Crippen LogP contribution in [0.3, 0.4) is 0 Å². The first-order valence-electron chi connectivity index (χ1n) is 9.94. The van der Waals surface area contributed by atoms with E-state index >= 15 is 0 Å². The Bertz CT molecular complexity index is 992. The van der Waals surface area contributed by atoms with Crippen LogP contribution in [-0.4, -0.2) is 13.2 Å². The van der Waals surface area contributed by atoms with Crippen molar-refractivity contribution < 1.29 is 13.9 Å². The highest BCUT2D eigenvalue weighted by Crippen LogP contribution is 2.35. The lowest BCUT2D eigenvalue weighted by Crippen LogP contribution is -2.17. The topological polar surface area (TPSA) is 30.5 Å². The van der Waals surface area contributed by atoms with E-state index in [1.54, 1.807) is 36.4 Å². The molecule has 0 spiro atoms. The van der Waals surface area contributed by atoms with Gasteiger partial charge in [-0.1, -0.05) is 53.0 Å². The summed E-state index contributed by atoms with van der Waals surface area (Å²) < 4.78 is 24.7. The Morgan fingerprint density at radius 2 is 1.55 bits per heavy atom. The molecule has 164 valence electrons. The first-order valence-corrected chi connectivity index (χ1v) is 11.1. The fourth-order valence-electron chi connectivity index (χ4n) is 3.02. The lowest BCUT2D eigenvalue weighted by molar-refractivity contribution is 0.269. The summed E-state index contributed by atoms with van der Waals surface area (Å²) in [6.07, 6.45) is 0.788. The summed E-state index contributed by atoms with van der Waals surface area (Å²) in [7, 11) is 0. The van der Waals surface area contributed by atoms with Crippen LogP contribution in [0.5, 0.6) is 11.5 Å². The van der Waals surface area contributed by atoms with Crippen LogP contribution in [0.25, 0.3) is 0 Å². The Morgan fingerprint density at radius 1 is 0.871 bits per heavy atom. The lowest BCUT2D eigenvalue weighted by atomic mass is 10.1. The molecule has 3 aromatic carbocycles. The zero-order valence-corrected chi connectivity index (χ0v) is 19.3. The number of hydrogen-bond acceptors (Lipinski definition) is 3. The fraction of sp³-hybridized carbons (Fsp3) is 0.250. The van der Waals surface area contributed by atoms with Crippen molar-refractivity contribution in [3.05, 3.63) is 92.2 Å². The second-order valence-electron chi connectivity index (χ2n) is 6.87. The quantitative estimate of drug-likeness (QED) is 0.313. The highest BCUT2D eigenvalue weighted by atomic mass is 35.5. The van der Waals surface area contributed by atoms with E-state index in [1.165, 1.54) is 12.1 Å². The molecule has 0 aromatic heterocycles. The smallest absolute Gasteiger partial charge is 0.163 e. The van der Waals surface area contributed by atoms with Gasteiger partial charge in [0, 0.05) is 33.2 Å². The van der Waals surface area contributed by atoms with Gasteiger partial charge in [0.05, 0.1) is 6.61 Å². The fourth-order valence-corrected chi connectivity index (χ4v) is 3.75.